The molecule has 0 saturated heterocycles. The zero-order chi connectivity index (χ0) is 13.9. The third kappa shape index (κ3) is 3.46. The van der Waals surface area contributed by atoms with Crippen molar-refractivity contribution >= 4 is 0 Å². The minimum Gasteiger partial charge on any atom is -0.464 e. The molecule has 2 unspecified atom stereocenters. The lowest BCUT2D eigenvalue weighted by Crippen LogP contribution is -2.32. The van der Waals surface area contributed by atoms with E-state index in [1.54, 1.807) is 0 Å². The zero-order valence-electron chi connectivity index (χ0n) is 13.0. The van der Waals surface area contributed by atoms with Crippen LogP contribution in [0.4, 0.5) is 0 Å². The third-order valence-electron chi connectivity index (χ3n) is 5.27. The predicted octanol–water partition coefficient (Wildman–Crippen LogP) is 4.85. The largest absolute Gasteiger partial charge is 0.464 e. The van der Waals surface area contributed by atoms with Gasteiger partial charge in [-0.15, -0.1) is 0 Å². The van der Waals surface area contributed by atoms with Gasteiger partial charge >= 0.3 is 0 Å². The summed E-state index contributed by atoms with van der Waals surface area (Å²) in [5.41, 5.74) is 0. The number of hydrogen-bond acceptors (Lipinski definition) is 2. The minimum absolute atomic E-state index is 0.702. The molecule has 2 saturated carbocycles. The molecule has 1 aromatic rings. The Hall–Kier alpha value is -0.760. The standard InChI is InChI=1S/C18H29NO/c1-3-4-14-5-7-15(8-6-14)19-12-16-9-10-18(20-16)17-11-13(17)2/h9-10,13-15,17,19H,3-8,11-12H2,1-2H3. The van der Waals surface area contributed by atoms with Gasteiger partial charge in [0.1, 0.15) is 11.5 Å². The molecule has 2 nitrogen and oxygen atoms in total. The van der Waals surface area contributed by atoms with Gasteiger partial charge in [0.15, 0.2) is 0 Å². The highest BCUT2D eigenvalue weighted by molar-refractivity contribution is 5.17. The van der Waals surface area contributed by atoms with Crippen LogP contribution in [0, 0.1) is 11.8 Å². The molecule has 1 aromatic heterocycles. The first kappa shape index (κ1) is 14.2. The summed E-state index contributed by atoms with van der Waals surface area (Å²) in [5, 5.41) is 3.69. The number of rotatable bonds is 6. The van der Waals surface area contributed by atoms with Crippen molar-refractivity contribution in [3.05, 3.63) is 23.7 Å². The van der Waals surface area contributed by atoms with Gasteiger partial charge in [-0.25, -0.2) is 0 Å². The highest BCUT2D eigenvalue weighted by Gasteiger charge is 2.36. The topological polar surface area (TPSA) is 25.2 Å². The average molecular weight is 275 g/mol. The molecule has 0 aliphatic heterocycles. The molecule has 0 bridgehead atoms. The second-order valence-corrected chi connectivity index (χ2v) is 7.01. The molecular formula is C18H29NO. The molecular weight excluding hydrogens is 246 g/mol. The van der Waals surface area contributed by atoms with Crippen molar-refractivity contribution in [1.82, 2.24) is 5.32 Å². The van der Waals surface area contributed by atoms with Crippen LogP contribution in [0.2, 0.25) is 0 Å². The highest BCUT2D eigenvalue weighted by atomic mass is 16.3. The van der Waals surface area contributed by atoms with Crippen LogP contribution in [0.5, 0.6) is 0 Å². The van der Waals surface area contributed by atoms with Crippen molar-refractivity contribution in [2.24, 2.45) is 11.8 Å². The van der Waals surface area contributed by atoms with Crippen LogP contribution in [0.3, 0.4) is 0 Å². The molecule has 1 heterocycles. The van der Waals surface area contributed by atoms with Crippen molar-refractivity contribution in [3.8, 4) is 0 Å². The summed E-state index contributed by atoms with van der Waals surface area (Å²) in [5.74, 6) is 4.85. The molecule has 0 amide bonds. The van der Waals surface area contributed by atoms with Gasteiger partial charge in [-0.05, 0) is 56.1 Å². The summed E-state index contributed by atoms with van der Waals surface area (Å²) in [7, 11) is 0. The summed E-state index contributed by atoms with van der Waals surface area (Å²) in [6.45, 7) is 5.52. The van der Waals surface area contributed by atoms with Gasteiger partial charge in [0.25, 0.3) is 0 Å². The Labute approximate surface area is 123 Å². The van der Waals surface area contributed by atoms with E-state index in [2.05, 4.69) is 31.3 Å². The van der Waals surface area contributed by atoms with Crippen LogP contribution in [0.25, 0.3) is 0 Å². The monoisotopic (exact) mass is 275 g/mol. The number of nitrogens with one attached hydrogen (secondary N) is 1. The molecule has 2 aliphatic carbocycles. The first-order valence-corrected chi connectivity index (χ1v) is 8.58. The quantitative estimate of drug-likeness (QED) is 0.802. The summed E-state index contributed by atoms with van der Waals surface area (Å²) in [6, 6.07) is 5.05. The van der Waals surface area contributed by atoms with Gasteiger partial charge in [0.05, 0.1) is 6.54 Å². The lowest BCUT2D eigenvalue weighted by atomic mass is 9.83. The van der Waals surface area contributed by atoms with Crippen molar-refractivity contribution < 1.29 is 4.42 Å². The maximum absolute atomic E-state index is 5.97. The van der Waals surface area contributed by atoms with Crippen LogP contribution < -0.4 is 5.32 Å². The SMILES string of the molecule is CCCC1CCC(NCc2ccc(C3CC3C)o2)CC1. The molecule has 0 radical (unpaired) electrons. The van der Waals surface area contributed by atoms with E-state index >= 15 is 0 Å². The van der Waals surface area contributed by atoms with E-state index in [4.69, 9.17) is 4.42 Å². The Morgan fingerprint density at radius 1 is 1.20 bits per heavy atom. The third-order valence-corrected chi connectivity index (χ3v) is 5.27. The van der Waals surface area contributed by atoms with Crippen LogP contribution in [-0.2, 0) is 6.54 Å². The van der Waals surface area contributed by atoms with Gasteiger partial charge in [-0.1, -0.05) is 26.7 Å². The van der Waals surface area contributed by atoms with Crippen LogP contribution in [0.15, 0.2) is 16.5 Å². The van der Waals surface area contributed by atoms with Crippen molar-refractivity contribution in [2.45, 2.75) is 77.3 Å². The van der Waals surface area contributed by atoms with E-state index < -0.39 is 0 Å². The molecule has 112 valence electrons. The van der Waals surface area contributed by atoms with Gasteiger partial charge < -0.3 is 9.73 Å². The average Bonchev–Trinajstić information content (AvgIpc) is 3.01. The first-order valence-electron chi connectivity index (χ1n) is 8.58. The molecule has 2 heteroatoms. The van der Waals surface area contributed by atoms with Crippen LogP contribution in [0.1, 0.15) is 76.2 Å². The smallest absolute Gasteiger partial charge is 0.117 e. The number of furan rings is 1. The second-order valence-electron chi connectivity index (χ2n) is 7.01. The Bertz CT molecular complexity index is 417. The van der Waals surface area contributed by atoms with Crippen molar-refractivity contribution in [1.29, 1.82) is 0 Å². The molecule has 0 spiro atoms. The molecule has 0 aromatic carbocycles. The van der Waals surface area contributed by atoms with E-state index in [-0.39, 0.29) is 0 Å². The normalized spacial score (nSPS) is 33.3. The van der Waals surface area contributed by atoms with E-state index in [0.29, 0.717) is 12.0 Å². The lowest BCUT2D eigenvalue weighted by molar-refractivity contribution is 0.272. The molecule has 3 rings (SSSR count). The zero-order valence-corrected chi connectivity index (χ0v) is 13.0. The molecule has 20 heavy (non-hydrogen) atoms. The number of hydrogen-bond donors (Lipinski definition) is 1. The van der Waals surface area contributed by atoms with E-state index in [1.165, 1.54) is 50.7 Å². The van der Waals surface area contributed by atoms with Gasteiger partial charge in [0, 0.05) is 12.0 Å². The summed E-state index contributed by atoms with van der Waals surface area (Å²) >= 11 is 0. The summed E-state index contributed by atoms with van der Waals surface area (Å²) in [4.78, 5) is 0. The lowest BCUT2D eigenvalue weighted by Gasteiger charge is -2.28. The van der Waals surface area contributed by atoms with Crippen LogP contribution >= 0.6 is 0 Å². The van der Waals surface area contributed by atoms with Gasteiger partial charge in [0.2, 0.25) is 0 Å². The van der Waals surface area contributed by atoms with Crippen molar-refractivity contribution in [2.75, 3.05) is 0 Å². The molecule has 2 aliphatic rings. The van der Waals surface area contributed by atoms with E-state index in [9.17, 15) is 0 Å². The van der Waals surface area contributed by atoms with Gasteiger partial charge in [-0.2, -0.15) is 0 Å². The van der Waals surface area contributed by atoms with Crippen LogP contribution in [-0.4, -0.2) is 6.04 Å². The Kier molecular flexibility index (Phi) is 4.50. The fraction of sp³-hybridized carbons (Fsp3) is 0.778. The fourth-order valence-corrected chi connectivity index (χ4v) is 3.72. The predicted molar refractivity (Wildman–Crippen MR) is 82.7 cm³/mol. The Balaban J connectivity index is 1.40. The van der Waals surface area contributed by atoms with E-state index in [1.807, 2.05) is 0 Å². The maximum atomic E-state index is 5.97. The maximum Gasteiger partial charge on any atom is 0.117 e. The summed E-state index contributed by atoms with van der Waals surface area (Å²) in [6.07, 6.45) is 9.59. The van der Waals surface area contributed by atoms with Crippen molar-refractivity contribution in [3.63, 3.8) is 0 Å². The molecule has 2 atom stereocenters. The molecule has 1 N–H and O–H groups in total. The Morgan fingerprint density at radius 3 is 2.60 bits per heavy atom. The van der Waals surface area contributed by atoms with E-state index in [0.717, 1.165) is 24.1 Å². The first-order chi connectivity index (χ1) is 9.76. The Morgan fingerprint density at radius 2 is 1.95 bits per heavy atom. The minimum atomic E-state index is 0.702. The fourth-order valence-electron chi connectivity index (χ4n) is 3.72. The second kappa shape index (κ2) is 6.34. The van der Waals surface area contributed by atoms with Gasteiger partial charge in [-0.3, -0.25) is 0 Å². The summed E-state index contributed by atoms with van der Waals surface area (Å²) < 4.78 is 5.97. The highest BCUT2D eigenvalue weighted by Crippen LogP contribution is 2.47. The molecule has 2 fully saturated rings.